The lowest BCUT2D eigenvalue weighted by Gasteiger charge is -2.16. The number of anilines is 2. The van der Waals surface area contributed by atoms with E-state index in [0.717, 1.165) is 0 Å². The van der Waals surface area contributed by atoms with Gasteiger partial charge >= 0.3 is 11.7 Å². The summed E-state index contributed by atoms with van der Waals surface area (Å²) in [5.41, 5.74) is 0.333. The number of amides is 1. The van der Waals surface area contributed by atoms with Crippen molar-refractivity contribution in [2.45, 2.75) is 17.9 Å². The summed E-state index contributed by atoms with van der Waals surface area (Å²) >= 11 is 12.0. The Morgan fingerprint density at radius 3 is 2.44 bits per heavy atom. The Bertz CT molecular complexity index is 1650. The molecule has 0 aliphatic heterocycles. The number of rotatable bonds is 7. The highest BCUT2D eigenvalue weighted by atomic mass is 35.5. The zero-order valence-electron chi connectivity index (χ0n) is 18.5. The molecule has 4 aromatic rings. The molecule has 4 rings (SSSR count). The molecule has 0 aliphatic rings. The van der Waals surface area contributed by atoms with Gasteiger partial charge in [-0.3, -0.25) is 9.52 Å². The summed E-state index contributed by atoms with van der Waals surface area (Å²) in [5, 5.41) is 3.12. The van der Waals surface area contributed by atoms with Crippen LogP contribution in [-0.2, 0) is 19.6 Å². The third kappa shape index (κ3) is 5.54. The van der Waals surface area contributed by atoms with Crippen LogP contribution in [0.5, 0.6) is 0 Å². The number of aromatic amines is 2. The van der Waals surface area contributed by atoms with Gasteiger partial charge in [-0.25, -0.2) is 18.0 Å². The molecule has 36 heavy (non-hydrogen) atoms. The first-order valence-electron chi connectivity index (χ1n) is 10.3. The molecular weight excluding hydrogens is 531 g/mol. The predicted octanol–water partition coefficient (Wildman–Crippen LogP) is 4.15. The highest BCUT2D eigenvalue weighted by Crippen LogP contribution is 2.26. The van der Waals surface area contributed by atoms with Crippen molar-refractivity contribution >= 4 is 67.5 Å². The molecule has 0 radical (unpaired) electrons. The Hall–Kier alpha value is -3.80. The number of benzene rings is 3. The molecule has 4 N–H and O–H groups in total. The number of sulfonamides is 1. The van der Waals surface area contributed by atoms with E-state index in [2.05, 4.69) is 20.0 Å². The molecule has 0 unspecified atom stereocenters. The van der Waals surface area contributed by atoms with Gasteiger partial charge in [-0.1, -0.05) is 35.3 Å². The van der Waals surface area contributed by atoms with Gasteiger partial charge in [0.25, 0.3) is 15.9 Å². The van der Waals surface area contributed by atoms with E-state index in [1.165, 1.54) is 61.5 Å². The van der Waals surface area contributed by atoms with Crippen LogP contribution in [0.3, 0.4) is 0 Å². The van der Waals surface area contributed by atoms with Crippen LogP contribution >= 0.6 is 23.2 Å². The van der Waals surface area contributed by atoms with Crippen LogP contribution in [0.25, 0.3) is 11.0 Å². The van der Waals surface area contributed by atoms with Crippen LogP contribution in [0, 0.1) is 0 Å². The van der Waals surface area contributed by atoms with Crippen molar-refractivity contribution in [2.75, 3.05) is 10.0 Å². The van der Waals surface area contributed by atoms with Crippen LogP contribution in [0.2, 0.25) is 10.0 Å². The molecule has 1 heterocycles. The summed E-state index contributed by atoms with van der Waals surface area (Å²) in [6.07, 6.45) is -1.25. The number of halogens is 2. The standard InChI is InChI=1S/C23H18Cl2N4O6S/c1-12(21(30)26-19-10-13(24)6-8-16(19)25)35-22(31)15-4-2-3-5-17(15)29-36(33,34)14-7-9-18-20(11-14)28-23(32)27-18/h2-12,29H,1H3,(H,26,30)(H2,27,28,32)/t12-/m1/s1. The quantitative estimate of drug-likeness (QED) is 0.255. The molecule has 1 aromatic heterocycles. The van der Waals surface area contributed by atoms with Gasteiger partial charge in [-0.15, -0.1) is 0 Å². The molecule has 1 amide bonds. The number of hydrogen-bond donors (Lipinski definition) is 4. The molecule has 0 saturated heterocycles. The number of ether oxygens (including phenoxy) is 1. The van der Waals surface area contributed by atoms with E-state index in [9.17, 15) is 22.8 Å². The average molecular weight is 549 g/mol. The van der Waals surface area contributed by atoms with Crippen LogP contribution < -0.4 is 15.7 Å². The third-order valence-corrected chi connectivity index (χ3v) is 6.96. The number of aromatic nitrogens is 2. The first kappa shape index (κ1) is 25.3. The Kier molecular flexibility index (Phi) is 7.07. The summed E-state index contributed by atoms with van der Waals surface area (Å²) in [6.45, 7) is 1.35. The molecule has 0 saturated carbocycles. The minimum Gasteiger partial charge on any atom is -0.449 e. The fourth-order valence-electron chi connectivity index (χ4n) is 3.24. The van der Waals surface area contributed by atoms with E-state index in [1.807, 2.05) is 0 Å². The number of hydrogen-bond acceptors (Lipinski definition) is 6. The highest BCUT2D eigenvalue weighted by molar-refractivity contribution is 7.92. The maximum Gasteiger partial charge on any atom is 0.341 e. The topological polar surface area (TPSA) is 150 Å². The fraction of sp³-hybridized carbons (Fsp3) is 0.0870. The zero-order chi connectivity index (χ0) is 26.0. The minimum atomic E-state index is -4.15. The number of carbonyl (C=O) groups is 2. The first-order valence-corrected chi connectivity index (χ1v) is 12.6. The summed E-state index contributed by atoms with van der Waals surface area (Å²) < 4.78 is 33.5. The van der Waals surface area contributed by atoms with Gasteiger partial charge in [0.05, 0.1) is 37.9 Å². The van der Waals surface area contributed by atoms with Crippen molar-refractivity contribution in [3.05, 3.63) is 86.8 Å². The molecule has 3 aromatic carbocycles. The average Bonchev–Trinajstić information content (AvgIpc) is 3.20. The zero-order valence-corrected chi connectivity index (χ0v) is 20.8. The van der Waals surface area contributed by atoms with Crippen molar-refractivity contribution in [2.24, 2.45) is 0 Å². The van der Waals surface area contributed by atoms with Crippen molar-refractivity contribution in [3.63, 3.8) is 0 Å². The second-order valence-corrected chi connectivity index (χ2v) is 10.1. The number of H-pyrrole nitrogens is 2. The number of nitrogens with one attached hydrogen (secondary N) is 4. The van der Waals surface area contributed by atoms with E-state index >= 15 is 0 Å². The Morgan fingerprint density at radius 2 is 1.67 bits per heavy atom. The molecule has 186 valence electrons. The molecular formula is C23H18Cl2N4O6S. The number of fused-ring (bicyclic) bond motifs is 1. The van der Waals surface area contributed by atoms with Gasteiger partial charge in [0.2, 0.25) is 0 Å². The summed E-state index contributed by atoms with van der Waals surface area (Å²) in [7, 11) is -4.15. The van der Waals surface area contributed by atoms with Crippen LogP contribution in [-0.4, -0.2) is 36.4 Å². The van der Waals surface area contributed by atoms with Gasteiger partial charge in [-0.05, 0) is 55.5 Å². The van der Waals surface area contributed by atoms with Crippen LogP contribution in [0.1, 0.15) is 17.3 Å². The predicted molar refractivity (Wildman–Crippen MR) is 136 cm³/mol. The van der Waals surface area contributed by atoms with Gasteiger partial charge in [0.1, 0.15) is 0 Å². The van der Waals surface area contributed by atoms with Crippen LogP contribution in [0.15, 0.2) is 70.4 Å². The second kappa shape index (κ2) is 10.1. The first-order chi connectivity index (χ1) is 17.0. The van der Waals surface area contributed by atoms with E-state index in [4.69, 9.17) is 27.9 Å². The Labute approximate surface area is 214 Å². The van der Waals surface area contributed by atoms with E-state index in [-0.39, 0.29) is 26.9 Å². The van der Waals surface area contributed by atoms with E-state index in [1.54, 1.807) is 6.07 Å². The number of para-hydroxylation sites is 1. The van der Waals surface area contributed by atoms with E-state index in [0.29, 0.717) is 16.1 Å². The lowest BCUT2D eigenvalue weighted by Crippen LogP contribution is -2.30. The number of carbonyl (C=O) groups excluding carboxylic acids is 2. The molecule has 0 spiro atoms. The molecule has 10 nitrogen and oxygen atoms in total. The van der Waals surface area contributed by atoms with Crippen LogP contribution in [0.4, 0.5) is 11.4 Å². The summed E-state index contributed by atoms with van der Waals surface area (Å²) in [5.74, 6) is -1.60. The Balaban J connectivity index is 1.51. The SMILES string of the molecule is C[C@@H](OC(=O)c1ccccc1NS(=O)(=O)c1ccc2[nH]c(=O)[nH]c2c1)C(=O)Nc1cc(Cl)ccc1Cl. The molecule has 1 atom stereocenters. The number of imidazole rings is 1. The third-order valence-electron chi connectivity index (χ3n) is 5.03. The number of esters is 1. The van der Waals surface area contributed by atoms with Crippen molar-refractivity contribution in [3.8, 4) is 0 Å². The molecule has 0 bridgehead atoms. The van der Waals surface area contributed by atoms with Gasteiger partial charge < -0.3 is 20.0 Å². The Morgan fingerprint density at radius 1 is 0.944 bits per heavy atom. The maximum absolute atomic E-state index is 13.0. The molecule has 0 aliphatic carbocycles. The molecule has 0 fully saturated rings. The highest BCUT2D eigenvalue weighted by Gasteiger charge is 2.24. The fourth-order valence-corrected chi connectivity index (χ4v) is 4.68. The second-order valence-electron chi connectivity index (χ2n) is 7.60. The lowest BCUT2D eigenvalue weighted by atomic mass is 10.2. The smallest absolute Gasteiger partial charge is 0.341 e. The molecule has 13 heteroatoms. The summed E-state index contributed by atoms with van der Waals surface area (Å²) in [6, 6.07) is 14.3. The maximum atomic E-state index is 13.0. The lowest BCUT2D eigenvalue weighted by molar-refractivity contribution is -0.123. The monoisotopic (exact) mass is 548 g/mol. The van der Waals surface area contributed by atoms with Gasteiger partial charge in [0, 0.05) is 5.02 Å². The van der Waals surface area contributed by atoms with Crippen molar-refractivity contribution in [1.82, 2.24) is 9.97 Å². The summed E-state index contributed by atoms with van der Waals surface area (Å²) in [4.78, 5) is 41.7. The minimum absolute atomic E-state index is 0.0596. The largest absolute Gasteiger partial charge is 0.449 e. The van der Waals surface area contributed by atoms with Gasteiger partial charge in [-0.2, -0.15) is 0 Å². The van der Waals surface area contributed by atoms with Gasteiger partial charge in [0.15, 0.2) is 6.10 Å². The van der Waals surface area contributed by atoms with E-state index < -0.39 is 33.7 Å². The van der Waals surface area contributed by atoms with Crippen molar-refractivity contribution < 1.29 is 22.7 Å². The normalized spacial score (nSPS) is 12.2. The van der Waals surface area contributed by atoms with Crippen molar-refractivity contribution in [1.29, 1.82) is 0 Å².